The fourth-order valence-electron chi connectivity index (χ4n) is 3.70. The number of benzene rings is 1. The van der Waals surface area contributed by atoms with Gasteiger partial charge in [-0.25, -0.2) is 13.4 Å². The molecule has 1 N–H and O–H groups in total. The molecule has 158 valence electrons. The van der Waals surface area contributed by atoms with Crippen molar-refractivity contribution in [2.24, 2.45) is 0 Å². The van der Waals surface area contributed by atoms with Crippen LogP contribution in [-0.2, 0) is 14.6 Å². The summed E-state index contributed by atoms with van der Waals surface area (Å²) in [5, 5.41) is 2.85. The van der Waals surface area contributed by atoms with E-state index >= 15 is 0 Å². The highest BCUT2D eigenvalue weighted by Crippen LogP contribution is 2.31. The molecule has 0 spiro atoms. The Bertz CT molecular complexity index is 1240. The summed E-state index contributed by atoms with van der Waals surface area (Å²) in [4.78, 5) is 34.9. The Morgan fingerprint density at radius 1 is 1.33 bits per heavy atom. The number of amides is 1. The van der Waals surface area contributed by atoms with Gasteiger partial charge in [0.1, 0.15) is 4.83 Å². The molecule has 1 aliphatic rings. The van der Waals surface area contributed by atoms with Crippen LogP contribution in [-0.4, -0.2) is 59.0 Å². The van der Waals surface area contributed by atoms with E-state index in [4.69, 9.17) is 0 Å². The smallest absolute Gasteiger partial charge is 0.260 e. The van der Waals surface area contributed by atoms with Gasteiger partial charge >= 0.3 is 0 Å². The van der Waals surface area contributed by atoms with Crippen LogP contribution in [0.4, 0.5) is 0 Å². The van der Waals surface area contributed by atoms with E-state index in [0.717, 1.165) is 22.9 Å². The summed E-state index contributed by atoms with van der Waals surface area (Å²) in [6.07, 6.45) is 0.477. The van der Waals surface area contributed by atoms with Gasteiger partial charge < -0.3 is 9.88 Å². The molecule has 1 saturated heterocycles. The zero-order chi connectivity index (χ0) is 21.3. The number of thioether (sulfide) groups is 1. The molecule has 30 heavy (non-hydrogen) atoms. The third kappa shape index (κ3) is 4.30. The molecule has 10 heteroatoms. The third-order valence-electron chi connectivity index (χ3n) is 5.15. The van der Waals surface area contributed by atoms with Crippen LogP contribution in [0.1, 0.15) is 13.3 Å². The molecule has 1 fully saturated rings. The number of sulfone groups is 1. The van der Waals surface area contributed by atoms with Crippen LogP contribution in [0.15, 0.2) is 45.7 Å². The number of carbonyl (C=O) groups excluding carboxylic acids is 1. The maximum Gasteiger partial charge on any atom is 0.260 e. The normalized spacial score (nSPS) is 18.0. The summed E-state index contributed by atoms with van der Waals surface area (Å²) in [6, 6.07) is 9.40. The summed E-state index contributed by atoms with van der Waals surface area (Å²) in [5.41, 5.74) is 1.57. The molecule has 7 nitrogen and oxygen atoms in total. The van der Waals surface area contributed by atoms with Crippen molar-refractivity contribution in [3.8, 4) is 11.1 Å². The number of nitrogens with one attached hydrogen (secondary N) is 1. The molecule has 1 amide bonds. The van der Waals surface area contributed by atoms with Crippen molar-refractivity contribution in [3.63, 3.8) is 0 Å². The lowest BCUT2D eigenvalue weighted by molar-refractivity contribution is -0.129. The minimum atomic E-state index is -3.06. The molecular weight excluding hydrogens is 442 g/mol. The number of carbonyl (C=O) groups is 1. The third-order valence-corrected chi connectivity index (χ3v) is 8.63. The summed E-state index contributed by atoms with van der Waals surface area (Å²) >= 11 is 2.56. The van der Waals surface area contributed by atoms with Crippen LogP contribution in [0.2, 0.25) is 0 Å². The maximum atomic E-state index is 12.7. The zero-order valence-corrected chi connectivity index (χ0v) is 18.8. The molecule has 0 saturated carbocycles. The molecular formula is C20H21N3O4S3. The van der Waals surface area contributed by atoms with E-state index in [1.54, 1.807) is 4.90 Å². The van der Waals surface area contributed by atoms with Gasteiger partial charge in [-0.1, -0.05) is 42.1 Å². The molecule has 2 aromatic heterocycles. The Morgan fingerprint density at radius 3 is 2.77 bits per heavy atom. The number of fused-ring (bicyclic) bond motifs is 1. The summed E-state index contributed by atoms with van der Waals surface area (Å²) < 4.78 is 23.5. The van der Waals surface area contributed by atoms with Crippen molar-refractivity contribution < 1.29 is 13.2 Å². The topological polar surface area (TPSA) is 100 Å². The second-order valence-electron chi connectivity index (χ2n) is 7.09. The van der Waals surface area contributed by atoms with Gasteiger partial charge in [-0.15, -0.1) is 11.3 Å². The molecule has 1 atom stereocenters. The van der Waals surface area contributed by atoms with Gasteiger partial charge in [-0.2, -0.15) is 0 Å². The van der Waals surface area contributed by atoms with E-state index in [9.17, 15) is 18.0 Å². The Balaban J connectivity index is 1.51. The summed E-state index contributed by atoms with van der Waals surface area (Å²) in [7, 11) is -3.06. The van der Waals surface area contributed by atoms with Gasteiger partial charge in [0.15, 0.2) is 15.0 Å². The molecule has 1 aromatic carbocycles. The second-order valence-corrected chi connectivity index (χ2v) is 11.1. The lowest BCUT2D eigenvalue weighted by atomic mass is 10.1. The van der Waals surface area contributed by atoms with Crippen molar-refractivity contribution in [3.05, 3.63) is 46.1 Å². The molecule has 1 unspecified atom stereocenters. The first-order valence-electron chi connectivity index (χ1n) is 9.57. The van der Waals surface area contributed by atoms with Crippen molar-refractivity contribution in [1.29, 1.82) is 0 Å². The largest absolute Gasteiger partial charge is 0.338 e. The monoisotopic (exact) mass is 463 g/mol. The van der Waals surface area contributed by atoms with Crippen LogP contribution < -0.4 is 5.56 Å². The first-order chi connectivity index (χ1) is 14.4. The van der Waals surface area contributed by atoms with Gasteiger partial charge in [-0.05, 0) is 18.9 Å². The number of aromatic nitrogens is 2. The second kappa shape index (κ2) is 8.52. The summed E-state index contributed by atoms with van der Waals surface area (Å²) in [5.74, 6) is 0.0943. The van der Waals surface area contributed by atoms with Crippen LogP contribution in [0.5, 0.6) is 0 Å². The number of rotatable bonds is 6. The van der Waals surface area contributed by atoms with Gasteiger partial charge in [0.2, 0.25) is 5.91 Å². The molecule has 1 aliphatic heterocycles. The standard InChI is InChI=1S/C20H21N3O4S3/c1-2-23(14-8-9-30(26,27)12-14)16(24)11-29-20-21-18(25)17-15(10-28-19(17)22-20)13-6-4-3-5-7-13/h3-7,10,14H,2,8-9,11-12H2,1H3,(H,21,22,25). The SMILES string of the molecule is CCN(C(=O)CSc1nc2scc(-c3ccccc3)c2c(=O)[nH]1)C1CCS(=O)(=O)C1. The van der Waals surface area contributed by atoms with E-state index in [1.807, 2.05) is 42.6 Å². The van der Waals surface area contributed by atoms with Crippen molar-refractivity contribution in [1.82, 2.24) is 14.9 Å². The molecule has 0 radical (unpaired) electrons. The molecule has 0 bridgehead atoms. The lowest BCUT2D eigenvalue weighted by Crippen LogP contribution is -2.42. The number of H-pyrrole nitrogens is 1. The fourth-order valence-corrected chi connectivity index (χ4v) is 7.18. The maximum absolute atomic E-state index is 12.7. The lowest BCUT2D eigenvalue weighted by Gasteiger charge is -2.26. The van der Waals surface area contributed by atoms with Gasteiger partial charge in [0, 0.05) is 23.5 Å². The van der Waals surface area contributed by atoms with E-state index in [0.29, 0.717) is 28.3 Å². The van der Waals surface area contributed by atoms with Crippen LogP contribution >= 0.6 is 23.1 Å². The van der Waals surface area contributed by atoms with E-state index < -0.39 is 9.84 Å². The van der Waals surface area contributed by atoms with E-state index in [-0.39, 0.29) is 34.8 Å². The number of hydrogen-bond donors (Lipinski definition) is 1. The first kappa shape index (κ1) is 21.1. The first-order valence-corrected chi connectivity index (χ1v) is 13.3. The average molecular weight is 464 g/mol. The highest BCUT2D eigenvalue weighted by atomic mass is 32.2. The highest BCUT2D eigenvalue weighted by molar-refractivity contribution is 7.99. The van der Waals surface area contributed by atoms with Crippen LogP contribution in [0.3, 0.4) is 0 Å². The van der Waals surface area contributed by atoms with Crippen molar-refractivity contribution in [2.75, 3.05) is 23.8 Å². The minimum absolute atomic E-state index is 0.0236. The van der Waals surface area contributed by atoms with Gasteiger partial charge in [0.25, 0.3) is 5.56 Å². The minimum Gasteiger partial charge on any atom is -0.338 e. The van der Waals surface area contributed by atoms with Gasteiger partial charge in [0.05, 0.1) is 22.6 Å². The van der Waals surface area contributed by atoms with E-state index in [2.05, 4.69) is 9.97 Å². The van der Waals surface area contributed by atoms with Crippen molar-refractivity contribution >= 4 is 49.1 Å². The molecule has 4 rings (SSSR count). The predicted octanol–water partition coefficient (Wildman–Crippen LogP) is 2.78. The average Bonchev–Trinajstić information content (AvgIpc) is 3.31. The summed E-state index contributed by atoms with van der Waals surface area (Å²) in [6.45, 7) is 2.30. The Labute approximate surface area is 182 Å². The molecule has 0 aliphatic carbocycles. The highest BCUT2D eigenvalue weighted by Gasteiger charge is 2.33. The number of hydrogen-bond acceptors (Lipinski definition) is 7. The molecule has 3 heterocycles. The Kier molecular flexibility index (Phi) is 5.99. The number of thiophene rings is 1. The van der Waals surface area contributed by atoms with Crippen LogP contribution in [0, 0.1) is 0 Å². The predicted molar refractivity (Wildman–Crippen MR) is 121 cm³/mol. The number of nitrogens with zero attached hydrogens (tertiary/aromatic N) is 2. The van der Waals surface area contributed by atoms with Crippen LogP contribution in [0.25, 0.3) is 21.3 Å². The zero-order valence-electron chi connectivity index (χ0n) is 16.3. The van der Waals surface area contributed by atoms with Crippen molar-refractivity contribution in [2.45, 2.75) is 24.5 Å². The quantitative estimate of drug-likeness (QED) is 0.446. The fraction of sp³-hybridized carbons (Fsp3) is 0.350. The Hall–Kier alpha value is -2.17. The Morgan fingerprint density at radius 2 is 2.10 bits per heavy atom. The van der Waals surface area contributed by atoms with Gasteiger partial charge in [-0.3, -0.25) is 9.59 Å². The number of aromatic amines is 1. The molecule has 3 aromatic rings. The van der Waals surface area contributed by atoms with E-state index in [1.165, 1.54) is 11.3 Å².